The molecule has 0 fully saturated rings. The van der Waals surface area contributed by atoms with Gasteiger partial charge in [-0.25, -0.2) is 8.78 Å². The van der Waals surface area contributed by atoms with Gasteiger partial charge in [0.1, 0.15) is 5.01 Å². The number of rotatable bonds is 2. The second-order valence-corrected chi connectivity index (χ2v) is 2.78. The molecular formula is C7H12F2N2S. The first kappa shape index (κ1) is 11.4. The smallest absolute Gasteiger partial charge is 0.202 e. The maximum Gasteiger partial charge on any atom is 0.291 e. The Morgan fingerprint density at radius 3 is 2.17 bits per heavy atom. The van der Waals surface area contributed by atoms with Gasteiger partial charge in [-0.3, -0.25) is 0 Å². The van der Waals surface area contributed by atoms with E-state index in [0.29, 0.717) is 11.4 Å². The summed E-state index contributed by atoms with van der Waals surface area (Å²) in [5.41, 5.74) is 0. The van der Waals surface area contributed by atoms with Crippen LogP contribution in [0.25, 0.3) is 0 Å². The molecule has 0 atom stereocenters. The normalized spacial score (nSPS) is 9.50. The molecule has 1 rings (SSSR count). The second-order valence-electron chi connectivity index (χ2n) is 1.69. The van der Waals surface area contributed by atoms with E-state index in [1.165, 1.54) is 0 Å². The summed E-state index contributed by atoms with van der Waals surface area (Å²) in [5.74, 6) is 0. The molecule has 70 valence electrons. The number of aryl methyl sites for hydroxylation is 1. The molecule has 0 radical (unpaired) electrons. The number of aromatic nitrogens is 2. The summed E-state index contributed by atoms with van der Waals surface area (Å²) >= 11 is 0.969. The Bertz CT molecular complexity index is 213. The van der Waals surface area contributed by atoms with Crippen molar-refractivity contribution in [1.29, 1.82) is 0 Å². The van der Waals surface area contributed by atoms with Crippen LogP contribution in [0.1, 0.15) is 37.2 Å². The van der Waals surface area contributed by atoms with Crippen molar-refractivity contribution in [3.05, 3.63) is 10.0 Å². The van der Waals surface area contributed by atoms with E-state index in [-0.39, 0.29) is 5.01 Å². The van der Waals surface area contributed by atoms with Crippen molar-refractivity contribution in [2.45, 2.75) is 33.6 Å². The molecule has 0 saturated carbocycles. The molecule has 0 saturated heterocycles. The van der Waals surface area contributed by atoms with Crippen LogP contribution in [-0.4, -0.2) is 10.2 Å². The molecule has 0 spiro atoms. The molecule has 0 aliphatic rings. The lowest BCUT2D eigenvalue weighted by molar-refractivity contribution is 0.150. The fourth-order valence-corrected chi connectivity index (χ4v) is 1.14. The van der Waals surface area contributed by atoms with Gasteiger partial charge in [0.2, 0.25) is 0 Å². The number of halogens is 2. The number of hydrogen-bond donors (Lipinski definition) is 0. The number of hydrogen-bond acceptors (Lipinski definition) is 3. The van der Waals surface area contributed by atoms with Crippen LogP contribution in [-0.2, 0) is 6.42 Å². The van der Waals surface area contributed by atoms with E-state index in [1.54, 1.807) is 0 Å². The first-order valence-electron chi connectivity index (χ1n) is 3.84. The van der Waals surface area contributed by atoms with Crippen LogP contribution >= 0.6 is 11.3 Å². The molecule has 0 amide bonds. The highest BCUT2D eigenvalue weighted by Gasteiger charge is 2.12. The molecule has 1 aromatic rings. The standard InChI is InChI=1S/C5H6F2N2S.C2H6/c1-2-3-8-9-5(10-3)4(6)7;1-2/h4H,2H2,1H3;1-2H3. The van der Waals surface area contributed by atoms with Gasteiger partial charge in [-0.05, 0) is 6.42 Å². The van der Waals surface area contributed by atoms with Crippen LogP contribution in [0.15, 0.2) is 0 Å². The number of nitrogens with zero attached hydrogens (tertiary/aromatic N) is 2. The van der Waals surface area contributed by atoms with Gasteiger partial charge in [0.15, 0.2) is 5.01 Å². The van der Waals surface area contributed by atoms with Crippen LogP contribution in [0, 0.1) is 0 Å². The van der Waals surface area contributed by atoms with Gasteiger partial charge in [-0.15, -0.1) is 10.2 Å². The van der Waals surface area contributed by atoms with Crippen LogP contribution < -0.4 is 0 Å². The third-order valence-corrected chi connectivity index (χ3v) is 2.05. The predicted molar refractivity (Wildman–Crippen MR) is 45.6 cm³/mol. The topological polar surface area (TPSA) is 25.8 Å². The summed E-state index contributed by atoms with van der Waals surface area (Å²) < 4.78 is 23.6. The van der Waals surface area contributed by atoms with Crippen LogP contribution in [0.4, 0.5) is 8.78 Å². The van der Waals surface area contributed by atoms with E-state index >= 15 is 0 Å². The Labute approximate surface area is 74.6 Å². The van der Waals surface area contributed by atoms with E-state index in [2.05, 4.69) is 10.2 Å². The highest BCUT2D eigenvalue weighted by Crippen LogP contribution is 2.22. The second kappa shape index (κ2) is 5.99. The minimum atomic E-state index is -2.47. The summed E-state index contributed by atoms with van der Waals surface area (Å²) in [5, 5.41) is 7.33. The summed E-state index contributed by atoms with van der Waals surface area (Å²) in [4.78, 5) is 0. The molecule has 0 N–H and O–H groups in total. The fraction of sp³-hybridized carbons (Fsp3) is 0.714. The Morgan fingerprint density at radius 1 is 1.33 bits per heavy atom. The van der Waals surface area contributed by atoms with Crippen molar-refractivity contribution in [2.75, 3.05) is 0 Å². The monoisotopic (exact) mass is 194 g/mol. The Kier molecular flexibility index (Phi) is 5.70. The minimum Gasteiger partial charge on any atom is -0.202 e. The first-order chi connectivity index (χ1) is 5.74. The average Bonchev–Trinajstić information content (AvgIpc) is 2.55. The lowest BCUT2D eigenvalue weighted by Crippen LogP contribution is -1.80. The first-order valence-corrected chi connectivity index (χ1v) is 4.66. The predicted octanol–water partition coefficient (Wildman–Crippen LogP) is 3.06. The van der Waals surface area contributed by atoms with Crippen LogP contribution in [0.2, 0.25) is 0 Å². The van der Waals surface area contributed by atoms with Crippen molar-refractivity contribution >= 4 is 11.3 Å². The van der Waals surface area contributed by atoms with Gasteiger partial charge < -0.3 is 0 Å². The van der Waals surface area contributed by atoms with E-state index in [1.807, 2.05) is 20.8 Å². The van der Waals surface area contributed by atoms with Gasteiger partial charge in [-0.2, -0.15) is 0 Å². The summed E-state index contributed by atoms with van der Waals surface area (Å²) in [7, 11) is 0. The van der Waals surface area contributed by atoms with E-state index in [0.717, 1.165) is 11.3 Å². The van der Waals surface area contributed by atoms with Crippen molar-refractivity contribution in [3.63, 3.8) is 0 Å². The maximum atomic E-state index is 11.8. The lowest BCUT2D eigenvalue weighted by Gasteiger charge is -1.85. The largest absolute Gasteiger partial charge is 0.291 e. The van der Waals surface area contributed by atoms with Gasteiger partial charge in [0.25, 0.3) is 6.43 Å². The number of alkyl halides is 2. The summed E-state index contributed by atoms with van der Waals surface area (Å²) in [6.07, 6.45) is -1.80. The average molecular weight is 194 g/mol. The highest BCUT2D eigenvalue weighted by atomic mass is 32.1. The molecule has 0 aliphatic heterocycles. The van der Waals surface area contributed by atoms with Crippen LogP contribution in [0.3, 0.4) is 0 Å². The van der Waals surface area contributed by atoms with Gasteiger partial charge in [0, 0.05) is 0 Å². The quantitative estimate of drug-likeness (QED) is 0.723. The van der Waals surface area contributed by atoms with Crippen molar-refractivity contribution in [2.24, 2.45) is 0 Å². The minimum absolute atomic E-state index is 0.183. The van der Waals surface area contributed by atoms with Crippen LogP contribution in [0.5, 0.6) is 0 Å². The molecule has 5 heteroatoms. The molecule has 0 unspecified atom stereocenters. The van der Waals surface area contributed by atoms with Crippen molar-refractivity contribution < 1.29 is 8.78 Å². The Morgan fingerprint density at radius 2 is 1.92 bits per heavy atom. The van der Waals surface area contributed by atoms with Gasteiger partial charge in [0.05, 0.1) is 0 Å². The molecule has 0 aromatic carbocycles. The molecule has 1 aromatic heterocycles. The molecule has 2 nitrogen and oxygen atoms in total. The molecule has 12 heavy (non-hydrogen) atoms. The van der Waals surface area contributed by atoms with E-state index in [4.69, 9.17) is 0 Å². The maximum absolute atomic E-state index is 11.8. The van der Waals surface area contributed by atoms with E-state index < -0.39 is 6.43 Å². The fourth-order valence-electron chi connectivity index (χ4n) is 0.498. The third kappa shape index (κ3) is 3.21. The van der Waals surface area contributed by atoms with Crippen molar-refractivity contribution in [1.82, 2.24) is 10.2 Å². The molecular weight excluding hydrogens is 182 g/mol. The summed E-state index contributed by atoms with van der Waals surface area (Å²) in [6.45, 7) is 5.86. The third-order valence-electron chi connectivity index (χ3n) is 0.972. The highest BCUT2D eigenvalue weighted by molar-refractivity contribution is 7.11. The lowest BCUT2D eigenvalue weighted by atomic mass is 10.5. The SMILES string of the molecule is CC.CCc1nnc(C(F)F)s1. The zero-order valence-corrected chi connectivity index (χ0v) is 8.16. The Hall–Kier alpha value is -0.580. The van der Waals surface area contributed by atoms with Gasteiger partial charge in [-0.1, -0.05) is 32.1 Å². The summed E-state index contributed by atoms with van der Waals surface area (Å²) in [6, 6.07) is 0. The zero-order chi connectivity index (χ0) is 9.56. The molecule has 1 heterocycles. The van der Waals surface area contributed by atoms with E-state index in [9.17, 15) is 8.78 Å². The molecule has 0 bridgehead atoms. The van der Waals surface area contributed by atoms with Crippen molar-refractivity contribution in [3.8, 4) is 0 Å². The Balaban J connectivity index is 0.000000561. The molecule has 0 aliphatic carbocycles. The van der Waals surface area contributed by atoms with Gasteiger partial charge >= 0.3 is 0 Å². The zero-order valence-electron chi connectivity index (χ0n) is 7.34.